The number of carbonyl (C=O) groups is 3. The summed E-state index contributed by atoms with van der Waals surface area (Å²) < 4.78 is 10.1. The molecule has 0 radical (unpaired) electrons. The van der Waals surface area contributed by atoms with Gasteiger partial charge in [0.15, 0.2) is 0 Å². The lowest BCUT2D eigenvalue weighted by atomic mass is 10.2. The number of ether oxygens (including phenoxy) is 1. The molecule has 0 saturated heterocycles. The number of hydrogen-bond acceptors (Lipinski definition) is 6. The van der Waals surface area contributed by atoms with Crippen LogP contribution in [0.15, 0.2) is 71.3 Å². The van der Waals surface area contributed by atoms with E-state index in [0.717, 1.165) is 0 Å². The van der Waals surface area contributed by atoms with Crippen molar-refractivity contribution in [2.45, 2.75) is 6.54 Å². The zero-order chi connectivity index (χ0) is 23.5. The lowest BCUT2D eigenvalue weighted by molar-refractivity contribution is -0.114. The molecule has 3 rings (SSSR count). The molecular weight excluding hydrogens is 424 g/mol. The summed E-state index contributed by atoms with van der Waals surface area (Å²) in [5, 5.41) is 11.3. The van der Waals surface area contributed by atoms with Crippen molar-refractivity contribution in [2.75, 3.05) is 37.4 Å². The van der Waals surface area contributed by atoms with E-state index in [9.17, 15) is 14.4 Å². The van der Waals surface area contributed by atoms with Crippen LogP contribution < -0.4 is 21.3 Å². The van der Waals surface area contributed by atoms with Crippen molar-refractivity contribution in [3.05, 3.63) is 83.8 Å². The first-order valence-corrected chi connectivity index (χ1v) is 10.4. The van der Waals surface area contributed by atoms with Crippen LogP contribution in [-0.4, -0.2) is 44.5 Å². The van der Waals surface area contributed by atoms with Crippen LogP contribution in [0.4, 0.5) is 11.4 Å². The Labute approximate surface area is 191 Å². The number of amides is 3. The molecule has 33 heavy (non-hydrogen) atoms. The van der Waals surface area contributed by atoms with Gasteiger partial charge in [0.05, 0.1) is 26.0 Å². The number of nitrogens with one attached hydrogen (secondary N) is 4. The van der Waals surface area contributed by atoms with Gasteiger partial charge in [0.25, 0.3) is 11.8 Å². The minimum Gasteiger partial charge on any atom is -0.467 e. The van der Waals surface area contributed by atoms with Gasteiger partial charge in [0.1, 0.15) is 5.76 Å². The zero-order valence-electron chi connectivity index (χ0n) is 18.2. The number of hydrogen-bond donors (Lipinski definition) is 4. The maximum Gasteiger partial charge on any atom is 0.251 e. The van der Waals surface area contributed by atoms with Crippen molar-refractivity contribution in [1.82, 2.24) is 10.6 Å². The highest BCUT2D eigenvalue weighted by Gasteiger charge is 2.09. The molecule has 1 aromatic heterocycles. The van der Waals surface area contributed by atoms with Crippen LogP contribution >= 0.6 is 0 Å². The van der Waals surface area contributed by atoms with Crippen LogP contribution in [0.2, 0.25) is 0 Å². The third kappa shape index (κ3) is 7.51. The molecular formula is C24H26N4O5. The van der Waals surface area contributed by atoms with E-state index < -0.39 is 0 Å². The van der Waals surface area contributed by atoms with Crippen molar-refractivity contribution in [3.8, 4) is 0 Å². The SMILES string of the molecule is COCCNC(=O)c1cccc(NCC(=O)Nc2ccc(C(=O)NCc3ccco3)cc2)c1. The van der Waals surface area contributed by atoms with Gasteiger partial charge in [0.2, 0.25) is 5.91 Å². The predicted octanol–water partition coefficient (Wildman–Crippen LogP) is 2.64. The van der Waals surface area contributed by atoms with Crippen LogP contribution in [0.25, 0.3) is 0 Å². The van der Waals surface area contributed by atoms with Crippen LogP contribution in [-0.2, 0) is 16.1 Å². The van der Waals surface area contributed by atoms with Crippen LogP contribution in [0.3, 0.4) is 0 Å². The molecule has 0 bridgehead atoms. The Morgan fingerprint density at radius 2 is 1.67 bits per heavy atom. The second-order valence-corrected chi connectivity index (χ2v) is 7.07. The molecule has 0 atom stereocenters. The molecule has 1 heterocycles. The highest BCUT2D eigenvalue weighted by Crippen LogP contribution is 2.12. The van der Waals surface area contributed by atoms with Crippen molar-refractivity contribution >= 4 is 29.1 Å². The minimum atomic E-state index is -0.264. The number of anilines is 2. The highest BCUT2D eigenvalue weighted by molar-refractivity contribution is 5.97. The summed E-state index contributed by atoms with van der Waals surface area (Å²) in [5.74, 6) is -0.0533. The van der Waals surface area contributed by atoms with Gasteiger partial charge in [-0.15, -0.1) is 0 Å². The Morgan fingerprint density at radius 1 is 0.879 bits per heavy atom. The van der Waals surface area contributed by atoms with Gasteiger partial charge in [-0.3, -0.25) is 14.4 Å². The number of methoxy groups -OCH3 is 1. The topological polar surface area (TPSA) is 122 Å². The Bertz CT molecular complexity index is 1060. The first-order valence-electron chi connectivity index (χ1n) is 10.4. The van der Waals surface area contributed by atoms with Crippen LogP contribution in [0.1, 0.15) is 26.5 Å². The summed E-state index contributed by atoms with van der Waals surface area (Å²) >= 11 is 0. The van der Waals surface area contributed by atoms with E-state index in [-0.39, 0.29) is 24.3 Å². The van der Waals surface area contributed by atoms with Crippen LogP contribution in [0.5, 0.6) is 0 Å². The van der Waals surface area contributed by atoms with E-state index in [1.807, 2.05) is 0 Å². The molecule has 9 heteroatoms. The average Bonchev–Trinajstić information content (AvgIpc) is 3.36. The predicted molar refractivity (Wildman–Crippen MR) is 124 cm³/mol. The summed E-state index contributed by atoms with van der Waals surface area (Å²) in [7, 11) is 1.57. The second-order valence-electron chi connectivity index (χ2n) is 7.07. The van der Waals surface area contributed by atoms with Gasteiger partial charge in [-0.1, -0.05) is 6.07 Å². The Balaban J connectivity index is 1.45. The molecule has 0 saturated carbocycles. The molecule has 2 aromatic carbocycles. The van der Waals surface area contributed by atoms with E-state index in [1.165, 1.54) is 0 Å². The smallest absolute Gasteiger partial charge is 0.251 e. The van der Waals surface area contributed by atoms with E-state index in [1.54, 1.807) is 74.0 Å². The summed E-state index contributed by atoms with van der Waals surface area (Å²) in [4.78, 5) is 36.6. The highest BCUT2D eigenvalue weighted by atomic mass is 16.5. The van der Waals surface area contributed by atoms with E-state index in [4.69, 9.17) is 9.15 Å². The first-order chi connectivity index (χ1) is 16.0. The third-order valence-electron chi connectivity index (χ3n) is 4.60. The van der Waals surface area contributed by atoms with Gasteiger partial charge in [-0.2, -0.15) is 0 Å². The summed E-state index contributed by atoms with van der Waals surface area (Å²) in [6.07, 6.45) is 1.55. The lowest BCUT2D eigenvalue weighted by Gasteiger charge is -2.10. The fraction of sp³-hybridized carbons (Fsp3) is 0.208. The fourth-order valence-corrected chi connectivity index (χ4v) is 2.91. The van der Waals surface area contributed by atoms with Gasteiger partial charge in [-0.25, -0.2) is 0 Å². The molecule has 172 valence electrons. The standard InChI is InChI=1S/C24H26N4O5/c1-32-13-11-25-24(31)18-4-2-5-20(14-18)26-16-22(29)28-19-9-7-17(8-10-19)23(30)27-15-21-6-3-12-33-21/h2-10,12,14,26H,11,13,15-16H2,1H3,(H,25,31)(H,27,30)(H,28,29). The molecule has 3 aromatic rings. The van der Waals surface area contributed by atoms with Crippen molar-refractivity contribution < 1.29 is 23.5 Å². The quantitative estimate of drug-likeness (QED) is 0.333. The molecule has 0 unspecified atom stereocenters. The fourth-order valence-electron chi connectivity index (χ4n) is 2.91. The largest absolute Gasteiger partial charge is 0.467 e. The minimum absolute atomic E-state index is 0.0140. The molecule has 0 aliphatic rings. The maximum absolute atomic E-state index is 12.3. The molecule has 0 fully saturated rings. The number of benzene rings is 2. The van der Waals surface area contributed by atoms with Gasteiger partial charge in [-0.05, 0) is 54.6 Å². The Morgan fingerprint density at radius 3 is 2.39 bits per heavy atom. The van der Waals surface area contributed by atoms with Crippen LogP contribution in [0, 0.1) is 0 Å². The number of carbonyl (C=O) groups excluding carboxylic acids is 3. The van der Waals surface area contributed by atoms with E-state index in [0.29, 0.717) is 48.0 Å². The summed E-state index contributed by atoms with van der Waals surface area (Å²) in [5.41, 5.74) is 2.17. The van der Waals surface area contributed by atoms with Crippen molar-refractivity contribution in [1.29, 1.82) is 0 Å². The average molecular weight is 450 g/mol. The first kappa shape index (κ1) is 23.6. The van der Waals surface area contributed by atoms with Gasteiger partial charge >= 0.3 is 0 Å². The maximum atomic E-state index is 12.3. The molecule has 9 nitrogen and oxygen atoms in total. The second kappa shape index (κ2) is 12.1. The molecule has 0 spiro atoms. The Hall–Kier alpha value is -4.11. The Kier molecular flexibility index (Phi) is 8.61. The zero-order valence-corrected chi connectivity index (χ0v) is 18.2. The molecule has 3 amide bonds. The van der Waals surface area contributed by atoms with Gasteiger partial charge in [0, 0.05) is 36.2 Å². The van der Waals surface area contributed by atoms with Crippen molar-refractivity contribution in [2.24, 2.45) is 0 Å². The summed E-state index contributed by atoms with van der Waals surface area (Å²) in [6.45, 7) is 1.16. The third-order valence-corrected chi connectivity index (χ3v) is 4.60. The normalized spacial score (nSPS) is 10.3. The van der Waals surface area contributed by atoms with Crippen molar-refractivity contribution in [3.63, 3.8) is 0 Å². The van der Waals surface area contributed by atoms with E-state index in [2.05, 4.69) is 21.3 Å². The molecule has 0 aliphatic carbocycles. The van der Waals surface area contributed by atoms with Gasteiger partial charge < -0.3 is 30.4 Å². The summed E-state index contributed by atoms with van der Waals surface area (Å²) in [6, 6.07) is 17.0. The van der Waals surface area contributed by atoms with E-state index >= 15 is 0 Å². The number of rotatable bonds is 11. The molecule has 4 N–H and O–H groups in total. The number of furan rings is 1. The monoisotopic (exact) mass is 450 g/mol. The molecule has 0 aliphatic heterocycles. The lowest BCUT2D eigenvalue weighted by Crippen LogP contribution is -2.27.